The molecule has 4 aromatic carbocycles. The van der Waals surface area contributed by atoms with Gasteiger partial charge in [0, 0.05) is 35.2 Å². The van der Waals surface area contributed by atoms with Crippen LogP contribution in [0.25, 0.3) is 10.8 Å². The Kier molecular flexibility index (Phi) is 14.5. The van der Waals surface area contributed by atoms with Crippen LogP contribution in [0.3, 0.4) is 0 Å². The molecule has 6 rings (SSSR count). The minimum Gasteiger partial charge on any atom is -0.354 e. The van der Waals surface area contributed by atoms with E-state index in [-0.39, 0.29) is 72.5 Å². The van der Waals surface area contributed by atoms with Gasteiger partial charge in [-0.05, 0) is 100 Å². The zero-order valence-electron chi connectivity index (χ0n) is 34.9. The largest absolute Gasteiger partial charge is 0.416 e. The number of anilines is 4. The molecule has 0 saturated heterocycles. The number of carbonyl (C=O) groups excluding carboxylic acids is 4. The second kappa shape index (κ2) is 19.1. The molecule has 2 aliphatic heterocycles. The summed E-state index contributed by atoms with van der Waals surface area (Å²) in [5.41, 5.74) is -2.47. The third-order valence-electron chi connectivity index (χ3n) is 11.3. The molecule has 62 heavy (non-hydrogen) atoms. The third-order valence-corrected chi connectivity index (χ3v) is 12.9. The van der Waals surface area contributed by atoms with Crippen molar-refractivity contribution in [3.8, 4) is 0 Å². The molecule has 8 nitrogen and oxygen atoms in total. The number of nitrogens with zero attached hydrogens (tertiary/aromatic N) is 2. The quantitative estimate of drug-likeness (QED) is 0.0585. The van der Waals surface area contributed by atoms with E-state index in [1.807, 2.05) is 32.0 Å². The number of aryl methyl sites for hydroxylation is 2. The van der Waals surface area contributed by atoms with Crippen molar-refractivity contribution in [1.82, 2.24) is 9.80 Å². The van der Waals surface area contributed by atoms with Gasteiger partial charge < -0.3 is 10.6 Å². The molecule has 0 atom stereocenters. The van der Waals surface area contributed by atoms with E-state index in [0.717, 1.165) is 72.3 Å². The molecular formula is C46H48Br2F6N4O4. The monoisotopic (exact) mass is 992 g/mol. The van der Waals surface area contributed by atoms with Crippen LogP contribution in [-0.4, -0.2) is 46.5 Å². The van der Waals surface area contributed by atoms with E-state index in [1.165, 1.54) is 0 Å². The SMILES string of the molecule is CCCCCCCCN1C(=O)c2c(Br)c(Nc3cc(C)cc(C)c3)c3c4c(c(Nc5cc(C(F)(F)F)cc(C(F)(F)F)c5)c(Br)c(c24)C1=O)C(=O)N(CCCCCCCC)C3=O. The molecule has 2 heterocycles. The number of carbonyl (C=O) groups is 4. The lowest BCUT2D eigenvalue weighted by atomic mass is 9.83. The lowest BCUT2D eigenvalue weighted by molar-refractivity contribution is -0.143. The number of rotatable bonds is 18. The van der Waals surface area contributed by atoms with Gasteiger partial charge >= 0.3 is 12.4 Å². The summed E-state index contributed by atoms with van der Waals surface area (Å²) in [7, 11) is 0. The second-order valence-electron chi connectivity index (χ2n) is 16.1. The van der Waals surface area contributed by atoms with E-state index >= 15 is 0 Å². The van der Waals surface area contributed by atoms with Crippen molar-refractivity contribution in [3.63, 3.8) is 0 Å². The molecule has 4 amide bonds. The summed E-state index contributed by atoms with van der Waals surface area (Å²) in [5.74, 6) is -3.14. The summed E-state index contributed by atoms with van der Waals surface area (Å²) in [6, 6.07) is 6.52. The number of halogens is 8. The predicted molar refractivity (Wildman–Crippen MR) is 236 cm³/mol. The summed E-state index contributed by atoms with van der Waals surface area (Å²) in [6.45, 7) is 7.85. The zero-order chi connectivity index (χ0) is 45.3. The Morgan fingerprint density at radius 3 is 1.21 bits per heavy atom. The molecule has 16 heteroatoms. The van der Waals surface area contributed by atoms with Crippen LogP contribution in [0.15, 0.2) is 45.3 Å². The van der Waals surface area contributed by atoms with Gasteiger partial charge in [-0.15, -0.1) is 0 Å². The highest BCUT2D eigenvalue weighted by molar-refractivity contribution is 9.11. The van der Waals surface area contributed by atoms with Gasteiger partial charge in [0.2, 0.25) is 0 Å². The molecule has 332 valence electrons. The molecule has 0 bridgehead atoms. The summed E-state index contributed by atoms with van der Waals surface area (Å²) >= 11 is 7.10. The number of hydrogen-bond acceptors (Lipinski definition) is 6. The standard InChI is InChI=1S/C46H48Br2F6N4O4/c1-5-7-9-11-13-15-17-57-41(59)33-31-32-35(39(37(33)47)55-29-20-25(3)19-26(4)21-29)43(61)58(18-16-14-12-10-8-6-2)44(62)36(32)40(38(48)34(31)42(57)60)56-30-23-27(45(49,50)51)22-28(24-30)46(52,53)54/h19-24,55-56H,5-18H2,1-4H3. The Labute approximate surface area is 373 Å². The van der Waals surface area contributed by atoms with Gasteiger partial charge in [0.1, 0.15) is 0 Å². The third kappa shape index (κ3) is 9.56. The molecule has 0 aliphatic carbocycles. The van der Waals surface area contributed by atoms with E-state index in [1.54, 1.807) is 0 Å². The summed E-state index contributed by atoms with van der Waals surface area (Å²) < 4.78 is 84.9. The Bertz CT molecular complexity index is 2380. The lowest BCUT2D eigenvalue weighted by Gasteiger charge is -2.36. The number of nitrogens with one attached hydrogen (secondary N) is 2. The van der Waals surface area contributed by atoms with E-state index in [0.29, 0.717) is 43.5 Å². The maximum absolute atomic E-state index is 14.9. The van der Waals surface area contributed by atoms with Gasteiger partial charge in [-0.25, -0.2) is 0 Å². The highest BCUT2D eigenvalue weighted by Gasteiger charge is 2.46. The van der Waals surface area contributed by atoms with Crippen molar-refractivity contribution < 1.29 is 45.5 Å². The van der Waals surface area contributed by atoms with Gasteiger partial charge in [0.05, 0.1) is 53.7 Å². The van der Waals surface area contributed by atoms with E-state index < -0.39 is 52.8 Å². The fraction of sp³-hybridized carbons (Fsp3) is 0.435. The first-order valence-electron chi connectivity index (χ1n) is 21.0. The van der Waals surface area contributed by atoms with E-state index in [2.05, 4.69) is 56.3 Å². The lowest BCUT2D eigenvalue weighted by Crippen LogP contribution is -2.45. The number of unbranched alkanes of at least 4 members (excludes halogenated alkanes) is 10. The smallest absolute Gasteiger partial charge is 0.354 e. The average Bonchev–Trinajstić information content (AvgIpc) is 3.18. The first-order chi connectivity index (χ1) is 29.3. The first kappa shape index (κ1) is 47.0. The normalized spacial score (nSPS) is 14.1. The van der Waals surface area contributed by atoms with Crippen molar-refractivity contribution in [2.75, 3.05) is 23.7 Å². The molecule has 0 spiro atoms. The number of benzene rings is 4. The van der Waals surface area contributed by atoms with Crippen molar-refractivity contribution in [1.29, 1.82) is 0 Å². The topological polar surface area (TPSA) is 98.8 Å². The predicted octanol–water partition coefficient (Wildman–Crippen LogP) is 14.4. The molecule has 2 N–H and O–H groups in total. The summed E-state index contributed by atoms with van der Waals surface area (Å²) in [5, 5.41) is 5.80. The number of alkyl halides is 6. The fourth-order valence-corrected chi connectivity index (χ4v) is 9.68. The number of imide groups is 2. The Balaban J connectivity index is 1.65. The molecule has 0 aromatic heterocycles. The second-order valence-corrected chi connectivity index (χ2v) is 17.7. The van der Waals surface area contributed by atoms with E-state index in [9.17, 15) is 45.5 Å². The molecular weight excluding hydrogens is 946 g/mol. The Morgan fingerprint density at radius 2 is 0.823 bits per heavy atom. The maximum atomic E-state index is 14.9. The Hall–Kier alpha value is -4.44. The maximum Gasteiger partial charge on any atom is 0.416 e. The molecule has 2 aliphatic rings. The van der Waals surface area contributed by atoms with Crippen molar-refractivity contribution in [2.45, 2.75) is 117 Å². The molecule has 0 fully saturated rings. The van der Waals surface area contributed by atoms with Gasteiger partial charge in [-0.2, -0.15) is 26.3 Å². The first-order valence-corrected chi connectivity index (χ1v) is 22.6. The van der Waals surface area contributed by atoms with Crippen LogP contribution in [-0.2, 0) is 12.4 Å². The Morgan fingerprint density at radius 1 is 0.484 bits per heavy atom. The van der Waals surface area contributed by atoms with Crippen LogP contribution < -0.4 is 10.6 Å². The molecule has 0 radical (unpaired) electrons. The average molecular weight is 995 g/mol. The van der Waals surface area contributed by atoms with Crippen LogP contribution in [0.1, 0.15) is 155 Å². The van der Waals surface area contributed by atoms with Crippen LogP contribution in [0.5, 0.6) is 0 Å². The van der Waals surface area contributed by atoms with E-state index in [4.69, 9.17) is 0 Å². The number of amides is 4. The minimum atomic E-state index is -5.19. The number of hydrogen-bond donors (Lipinski definition) is 2. The summed E-state index contributed by atoms with van der Waals surface area (Å²) in [4.78, 5) is 61.3. The van der Waals surface area contributed by atoms with Gasteiger partial charge in [0.15, 0.2) is 0 Å². The highest BCUT2D eigenvalue weighted by Crippen LogP contribution is 2.52. The zero-order valence-corrected chi connectivity index (χ0v) is 38.1. The van der Waals surface area contributed by atoms with Gasteiger partial charge in [-0.3, -0.25) is 29.0 Å². The van der Waals surface area contributed by atoms with Crippen LogP contribution in [0.2, 0.25) is 0 Å². The molecule has 0 saturated carbocycles. The molecule has 0 unspecified atom stereocenters. The molecule has 4 aromatic rings. The van der Waals surface area contributed by atoms with Crippen LogP contribution >= 0.6 is 31.9 Å². The fourth-order valence-electron chi connectivity index (χ4n) is 8.35. The van der Waals surface area contributed by atoms with Gasteiger partial charge in [-0.1, -0.05) is 84.1 Å². The van der Waals surface area contributed by atoms with Crippen molar-refractivity contribution in [3.05, 3.63) is 89.9 Å². The van der Waals surface area contributed by atoms with Crippen LogP contribution in [0, 0.1) is 13.8 Å². The van der Waals surface area contributed by atoms with Gasteiger partial charge in [0.25, 0.3) is 23.6 Å². The highest BCUT2D eigenvalue weighted by atomic mass is 79.9. The summed E-state index contributed by atoms with van der Waals surface area (Å²) in [6.07, 6.45) is -0.466. The van der Waals surface area contributed by atoms with Crippen molar-refractivity contribution in [2.24, 2.45) is 0 Å². The minimum absolute atomic E-state index is 0.00215. The van der Waals surface area contributed by atoms with Crippen molar-refractivity contribution >= 4 is 89.0 Å². The van der Waals surface area contributed by atoms with Crippen LogP contribution in [0.4, 0.5) is 49.1 Å².